The molecule has 0 heterocycles. The van der Waals surface area contributed by atoms with Gasteiger partial charge in [0.05, 0.1) is 0 Å². The second kappa shape index (κ2) is 9.79. The molecule has 0 fully saturated rings. The molecule has 0 saturated heterocycles. The number of aliphatic carboxylic acids is 1. The van der Waals surface area contributed by atoms with E-state index in [1.165, 1.54) is 6.07 Å². The van der Waals surface area contributed by atoms with Crippen LogP contribution in [0, 0.1) is 6.92 Å². The first-order valence-electron chi connectivity index (χ1n) is 11.1. The Morgan fingerprint density at radius 2 is 1.59 bits per heavy atom. The minimum absolute atomic E-state index is 0.0571. The molecule has 7 heteroatoms. The van der Waals surface area contributed by atoms with Gasteiger partial charge in [0.2, 0.25) is 0 Å². The highest BCUT2D eigenvalue weighted by atomic mass is 16.5. The molecule has 3 N–H and O–H groups in total. The zero-order chi connectivity index (χ0) is 24.2. The standard InChI is InChI=1S/C27H26N2O5/c1-3-23(26(31)32)28-25(30)17-13-12-16(2)24(14-17)29-27(33)34-15-22-20-10-6-4-8-18(20)19-9-5-7-11-21(19)22/h4-14,22-23H,3,15H2,1-2H3,(H,28,30)(H,29,33)(H,31,32). The summed E-state index contributed by atoms with van der Waals surface area (Å²) in [6.07, 6.45) is -0.364. The molecule has 1 aliphatic rings. The molecule has 0 radical (unpaired) electrons. The number of aryl methyl sites for hydroxylation is 1. The molecule has 0 saturated carbocycles. The van der Waals surface area contributed by atoms with E-state index in [1.54, 1.807) is 26.0 Å². The van der Waals surface area contributed by atoms with E-state index in [2.05, 4.69) is 22.8 Å². The molecule has 1 aliphatic carbocycles. The fraction of sp³-hybridized carbons (Fsp3) is 0.222. The maximum atomic E-state index is 12.6. The van der Waals surface area contributed by atoms with Crippen LogP contribution in [0.1, 0.15) is 46.3 Å². The highest BCUT2D eigenvalue weighted by Gasteiger charge is 2.29. The number of carbonyl (C=O) groups is 3. The quantitative estimate of drug-likeness (QED) is 0.465. The van der Waals surface area contributed by atoms with Gasteiger partial charge >= 0.3 is 12.1 Å². The van der Waals surface area contributed by atoms with Crippen LogP contribution in [-0.2, 0) is 9.53 Å². The van der Waals surface area contributed by atoms with E-state index in [9.17, 15) is 14.4 Å². The zero-order valence-electron chi connectivity index (χ0n) is 19.0. The van der Waals surface area contributed by atoms with Gasteiger partial charge in [0.25, 0.3) is 5.91 Å². The Labute approximate surface area is 197 Å². The molecule has 7 nitrogen and oxygen atoms in total. The first-order chi connectivity index (χ1) is 16.4. The lowest BCUT2D eigenvalue weighted by atomic mass is 9.98. The molecule has 2 amide bonds. The largest absolute Gasteiger partial charge is 0.480 e. The molecular formula is C27H26N2O5. The van der Waals surface area contributed by atoms with E-state index in [0.29, 0.717) is 5.69 Å². The summed E-state index contributed by atoms with van der Waals surface area (Å²) in [6.45, 7) is 3.65. The molecule has 0 bridgehead atoms. The zero-order valence-corrected chi connectivity index (χ0v) is 19.0. The molecule has 0 spiro atoms. The second-order valence-electron chi connectivity index (χ2n) is 8.25. The maximum absolute atomic E-state index is 12.6. The van der Waals surface area contributed by atoms with Crippen molar-refractivity contribution in [2.75, 3.05) is 11.9 Å². The normalized spacial score (nSPS) is 12.9. The highest BCUT2D eigenvalue weighted by Crippen LogP contribution is 2.44. The summed E-state index contributed by atoms with van der Waals surface area (Å²) in [5.74, 6) is -1.68. The van der Waals surface area contributed by atoms with Crippen molar-refractivity contribution in [2.45, 2.75) is 32.2 Å². The summed E-state index contributed by atoms with van der Waals surface area (Å²) in [5, 5.41) is 14.4. The maximum Gasteiger partial charge on any atom is 0.411 e. The summed E-state index contributed by atoms with van der Waals surface area (Å²) in [5.41, 5.74) is 5.95. The van der Waals surface area contributed by atoms with Gasteiger partial charge in [-0.05, 0) is 53.3 Å². The van der Waals surface area contributed by atoms with Crippen molar-refractivity contribution in [1.29, 1.82) is 0 Å². The van der Waals surface area contributed by atoms with Crippen LogP contribution in [0.3, 0.4) is 0 Å². The third kappa shape index (κ3) is 4.64. The number of amides is 2. The fourth-order valence-electron chi connectivity index (χ4n) is 4.22. The lowest BCUT2D eigenvalue weighted by molar-refractivity contribution is -0.139. The molecule has 3 aromatic carbocycles. The molecule has 1 unspecified atom stereocenters. The van der Waals surface area contributed by atoms with Crippen molar-refractivity contribution in [3.05, 3.63) is 89.0 Å². The number of ether oxygens (including phenoxy) is 1. The lowest BCUT2D eigenvalue weighted by Crippen LogP contribution is -2.40. The molecule has 34 heavy (non-hydrogen) atoms. The van der Waals surface area contributed by atoms with Crippen molar-refractivity contribution in [1.82, 2.24) is 5.32 Å². The average molecular weight is 459 g/mol. The van der Waals surface area contributed by atoms with Gasteiger partial charge in [-0.1, -0.05) is 61.5 Å². The van der Waals surface area contributed by atoms with Crippen LogP contribution < -0.4 is 10.6 Å². The number of carboxylic acids is 1. The highest BCUT2D eigenvalue weighted by molar-refractivity contribution is 5.98. The van der Waals surface area contributed by atoms with E-state index in [-0.39, 0.29) is 24.5 Å². The average Bonchev–Trinajstić information content (AvgIpc) is 3.16. The number of anilines is 1. The van der Waals surface area contributed by atoms with Gasteiger partial charge < -0.3 is 15.2 Å². The van der Waals surface area contributed by atoms with Crippen LogP contribution in [-0.4, -0.2) is 35.7 Å². The molecule has 4 rings (SSSR count). The number of hydrogen-bond donors (Lipinski definition) is 3. The lowest BCUT2D eigenvalue weighted by Gasteiger charge is -2.16. The van der Waals surface area contributed by atoms with Crippen LogP contribution >= 0.6 is 0 Å². The van der Waals surface area contributed by atoms with Gasteiger partial charge in [-0.3, -0.25) is 10.1 Å². The first kappa shape index (κ1) is 23.0. The molecule has 3 aromatic rings. The van der Waals surface area contributed by atoms with Crippen LogP contribution in [0.2, 0.25) is 0 Å². The Kier molecular flexibility index (Phi) is 6.63. The Balaban J connectivity index is 1.44. The van der Waals surface area contributed by atoms with Crippen molar-refractivity contribution < 1.29 is 24.2 Å². The van der Waals surface area contributed by atoms with Crippen LogP contribution in [0.4, 0.5) is 10.5 Å². The summed E-state index contributed by atoms with van der Waals surface area (Å²) in [4.78, 5) is 36.3. The van der Waals surface area contributed by atoms with Crippen molar-refractivity contribution in [3.8, 4) is 11.1 Å². The summed E-state index contributed by atoms with van der Waals surface area (Å²) in [6, 6.07) is 20.0. The Morgan fingerprint density at radius 3 is 2.18 bits per heavy atom. The number of rotatable bonds is 7. The SMILES string of the molecule is CCC(NC(=O)c1ccc(C)c(NC(=O)OCC2c3ccccc3-c3ccccc32)c1)C(=O)O. The van der Waals surface area contributed by atoms with Crippen LogP contribution in [0.25, 0.3) is 11.1 Å². The number of benzene rings is 3. The second-order valence-corrected chi connectivity index (χ2v) is 8.25. The number of nitrogens with one attached hydrogen (secondary N) is 2. The van der Waals surface area contributed by atoms with Gasteiger partial charge in [-0.25, -0.2) is 9.59 Å². The number of carboxylic acid groups (broad SMARTS) is 1. The van der Waals surface area contributed by atoms with Crippen LogP contribution in [0.15, 0.2) is 66.7 Å². The third-order valence-electron chi connectivity index (χ3n) is 6.09. The number of carbonyl (C=O) groups excluding carboxylic acids is 2. The molecular weight excluding hydrogens is 432 g/mol. The number of fused-ring (bicyclic) bond motifs is 3. The summed E-state index contributed by atoms with van der Waals surface area (Å²) in [7, 11) is 0. The summed E-state index contributed by atoms with van der Waals surface area (Å²) < 4.78 is 5.58. The topological polar surface area (TPSA) is 105 Å². The Hall–Kier alpha value is -4.13. The van der Waals surface area contributed by atoms with E-state index in [0.717, 1.165) is 27.8 Å². The van der Waals surface area contributed by atoms with Gasteiger partial charge in [-0.15, -0.1) is 0 Å². The first-order valence-corrected chi connectivity index (χ1v) is 11.1. The molecule has 0 aromatic heterocycles. The van der Waals surface area contributed by atoms with E-state index in [1.807, 2.05) is 36.4 Å². The van der Waals surface area contributed by atoms with E-state index in [4.69, 9.17) is 9.84 Å². The summed E-state index contributed by atoms with van der Waals surface area (Å²) >= 11 is 0. The Morgan fingerprint density at radius 1 is 0.971 bits per heavy atom. The van der Waals surface area contributed by atoms with Gasteiger partial charge in [0.1, 0.15) is 12.6 Å². The number of hydrogen-bond acceptors (Lipinski definition) is 4. The van der Waals surface area contributed by atoms with Gasteiger partial charge in [0.15, 0.2) is 0 Å². The minimum atomic E-state index is -1.10. The van der Waals surface area contributed by atoms with E-state index < -0.39 is 24.0 Å². The third-order valence-corrected chi connectivity index (χ3v) is 6.09. The van der Waals surface area contributed by atoms with Gasteiger partial charge in [0, 0.05) is 17.2 Å². The van der Waals surface area contributed by atoms with Gasteiger partial charge in [-0.2, -0.15) is 0 Å². The smallest absolute Gasteiger partial charge is 0.411 e. The monoisotopic (exact) mass is 458 g/mol. The Bertz CT molecular complexity index is 1210. The predicted molar refractivity (Wildman–Crippen MR) is 129 cm³/mol. The van der Waals surface area contributed by atoms with Crippen molar-refractivity contribution in [3.63, 3.8) is 0 Å². The fourth-order valence-corrected chi connectivity index (χ4v) is 4.22. The molecule has 1 atom stereocenters. The van der Waals surface area contributed by atoms with Crippen molar-refractivity contribution in [2.24, 2.45) is 0 Å². The van der Waals surface area contributed by atoms with Crippen molar-refractivity contribution >= 4 is 23.7 Å². The minimum Gasteiger partial charge on any atom is -0.480 e. The molecule has 174 valence electrons. The molecule has 0 aliphatic heterocycles. The predicted octanol–water partition coefficient (Wildman–Crippen LogP) is 4.95. The van der Waals surface area contributed by atoms with Crippen LogP contribution in [0.5, 0.6) is 0 Å². The van der Waals surface area contributed by atoms with E-state index >= 15 is 0 Å².